The third kappa shape index (κ3) is 2.81. The Kier molecular flexibility index (Phi) is 3.71. The maximum atomic E-state index is 5.60. The van der Waals surface area contributed by atoms with Gasteiger partial charge in [-0.25, -0.2) is 0 Å². The fraction of sp³-hybridized carbons (Fsp3) is 0.357. The summed E-state index contributed by atoms with van der Waals surface area (Å²) < 4.78 is 0. The highest BCUT2D eigenvalue weighted by Crippen LogP contribution is 2.17. The van der Waals surface area contributed by atoms with E-state index in [0.717, 1.165) is 17.8 Å². The van der Waals surface area contributed by atoms with Gasteiger partial charge in [-0.1, -0.05) is 18.2 Å². The molecule has 0 radical (unpaired) electrons. The first-order valence-corrected chi connectivity index (χ1v) is 5.99. The van der Waals surface area contributed by atoms with Gasteiger partial charge in [-0.05, 0) is 31.5 Å². The van der Waals surface area contributed by atoms with Crippen LogP contribution in [0, 0.1) is 6.92 Å². The number of hydrogen-bond donors (Lipinski definition) is 2. The largest absolute Gasteiger partial charge is 0.329 e. The summed E-state index contributed by atoms with van der Waals surface area (Å²) in [6, 6.07) is 10.7. The highest BCUT2D eigenvalue weighted by molar-refractivity contribution is 5.82. The minimum absolute atomic E-state index is 0.335. The first-order valence-electron chi connectivity index (χ1n) is 5.99. The molecule has 0 spiro atoms. The molecule has 1 aromatic carbocycles. The van der Waals surface area contributed by atoms with E-state index in [1.54, 1.807) is 0 Å². The van der Waals surface area contributed by atoms with E-state index in [2.05, 4.69) is 41.5 Å². The second-order valence-electron chi connectivity index (χ2n) is 4.46. The molecule has 0 saturated heterocycles. The summed E-state index contributed by atoms with van der Waals surface area (Å²) in [5, 5.41) is 4.63. The Bertz CT molecular complexity index is 508. The first-order chi connectivity index (χ1) is 8.20. The summed E-state index contributed by atoms with van der Waals surface area (Å²) in [6.07, 6.45) is 0. The summed E-state index contributed by atoms with van der Waals surface area (Å²) in [5.74, 6) is 0. The Hall–Kier alpha value is -1.45. The van der Waals surface area contributed by atoms with Crippen LogP contribution in [0.1, 0.15) is 18.2 Å². The van der Waals surface area contributed by atoms with Gasteiger partial charge in [0.15, 0.2) is 0 Å². The van der Waals surface area contributed by atoms with Crippen LogP contribution < -0.4 is 11.1 Å². The fourth-order valence-electron chi connectivity index (χ4n) is 1.91. The first kappa shape index (κ1) is 12.0. The Morgan fingerprint density at radius 2 is 2.12 bits per heavy atom. The zero-order chi connectivity index (χ0) is 12.3. The molecule has 0 aliphatic carbocycles. The van der Waals surface area contributed by atoms with Gasteiger partial charge in [0.1, 0.15) is 0 Å². The van der Waals surface area contributed by atoms with E-state index in [-0.39, 0.29) is 0 Å². The van der Waals surface area contributed by atoms with Crippen molar-refractivity contribution in [2.24, 2.45) is 5.73 Å². The molecule has 0 fully saturated rings. The van der Waals surface area contributed by atoms with Crippen LogP contribution in [0.4, 0.5) is 0 Å². The Balaban J connectivity index is 2.32. The van der Waals surface area contributed by atoms with Crippen molar-refractivity contribution in [3.05, 3.63) is 41.6 Å². The van der Waals surface area contributed by atoms with Gasteiger partial charge in [-0.3, -0.25) is 4.98 Å². The molecule has 17 heavy (non-hydrogen) atoms. The predicted molar refractivity (Wildman–Crippen MR) is 71.8 cm³/mol. The Morgan fingerprint density at radius 3 is 2.88 bits per heavy atom. The number of pyridine rings is 1. The van der Waals surface area contributed by atoms with Gasteiger partial charge in [0.2, 0.25) is 0 Å². The van der Waals surface area contributed by atoms with Gasteiger partial charge in [-0.2, -0.15) is 0 Å². The number of fused-ring (bicyclic) bond motifs is 1. The van der Waals surface area contributed by atoms with Gasteiger partial charge in [0.25, 0.3) is 0 Å². The molecule has 0 saturated carbocycles. The van der Waals surface area contributed by atoms with E-state index in [0.29, 0.717) is 12.6 Å². The van der Waals surface area contributed by atoms with Crippen molar-refractivity contribution in [1.29, 1.82) is 0 Å². The molecule has 1 atom stereocenters. The zero-order valence-electron chi connectivity index (χ0n) is 10.4. The number of aryl methyl sites for hydroxylation is 1. The highest BCUT2D eigenvalue weighted by atomic mass is 14.9. The smallest absolute Gasteiger partial charge is 0.0708 e. The minimum atomic E-state index is 0.335. The maximum absolute atomic E-state index is 5.60. The number of aromatic nitrogens is 1. The van der Waals surface area contributed by atoms with Crippen molar-refractivity contribution in [3.8, 4) is 0 Å². The highest BCUT2D eigenvalue weighted by Gasteiger charge is 2.04. The molecule has 3 nitrogen and oxygen atoms in total. The number of nitrogens with two attached hydrogens (primary N) is 1. The number of para-hydroxylation sites is 1. The molecule has 90 valence electrons. The van der Waals surface area contributed by atoms with Crippen LogP contribution in [0.25, 0.3) is 10.9 Å². The van der Waals surface area contributed by atoms with Crippen molar-refractivity contribution < 1.29 is 0 Å². The molecule has 1 heterocycles. The average molecular weight is 229 g/mol. The second kappa shape index (κ2) is 5.25. The molecule has 1 aromatic heterocycles. The predicted octanol–water partition coefficient (Wildman–Crippen LogP) is 1.98. The minimum Gasteiger partial charge on any atom is -0.329 e. The lowest BCUT2D eigenvalue weighted by atomic mass is 10.1. The third-order valence-corrected chi connectivity index (χ3v) is 2.92. The number of benzene rings is 1. The van der Waals surface area contributed by atoms with Gasteiger partial charge in [0.05, 0.1) is 5.52 Å². The van der Waals surface area contributed by atoms with Crippen molar-refractivity contribution in [1.82, 2.24) is 10.3 Å². The molecule has 0 aliphatic heterocycles. The molecule has 0 aliphatic rings. The van der Waals surface area contributed by atoms with Crippen molar-refractivity contribution in [3.63, 3.8) is 0 Å². The van der Waals surface area contributed by atoms with Crippen molar-refractivity contribution >= 4 is 10.9 Å². The van der Waals surface area contributed by atoms with Gasteiger partial charge >= 0.3 is 0 Å². The van der Waals surface area contributed by atoms with Crippen LogP contribution in [0.15, 0.2) is 30.3 Å². The van der Waals surface area contributed by atoms with Crippen molar-refractivity contribution in [2.75, 3.05) is 6.54 Å². The number of rotatable bonds is 4. The van der Waals surface area contributed by atoms with Crippen LogP contribution >= 0.6 is 0 Å². The summed E-state index contributed by atoms with van der Waals surface area (Å²) in [7, 11) is 0. The standard InChI is InChI=1S/C14H19N3/c1-10-7-12(9-16-11(2)8-15)13-5-3-4-6-14(13)17-10/h3-7,11,16H,8-9,15H2,1-2H3. The Labute approximate surface area is 102 Å². The molecule has 0 amide bonds. The van der Waals surface area contributed by atoms with Gasteiger partial charge < -0.3 is 11.1 Å². The van der Waals surface area contributed by atoms with Gasteiger partial charge in [0, 0.05) is 30.2 Å². The molecule has 3 N–H and O–H groups in total. The van der Waals surface area contributed by atoms with Crippen LogP contribution in [0.2, 0.25) is 0 Å². The monoisotopic (exact) mass is 229 g/mol. The number of hydrogen-bond acceptors (Lipinski definition) is 3. The number of nitrogens with zero attached hydrogens (tertiary/aromatic N) is 1. The van der Waals surface area contributed by atoms with E-state index in [9.17, 15) is 0 Å². The topological polar surface area (TPSA) is 50.9 Å². The summed E-state index contributed by atoms with van der Waals surface area (Å²) in [5.41, 5.74) is 9.01. The summed E-state index contributed by atoms with van der Waals surface area (Å²) in [4.78, 5) is 4.53. The Morgan fingerprint density at radius 1 is 1.35 bits per heavy atom. The van der Waals surface area contributed by atoms with Gasteiger partial charge in [-0.15, -0.1) is 0 Å². The van der Waals surface area contributed by atoms with E-state index in [1.165, 1.54) is 10.9 Å². The average Bonchev–Trinajstić information content (AvgIpc) is 2.35. The molecular formula is C14H19N3. The maximum Gasteiger partial charge on any atom is 0.0708 e. The molecule has 0 bridgehead atoms. The quantitative estimate of drug-likeness (QED) is 0.843. The van der Waals surface area contributed by atoms with E-state index >= 15 is 0 Å². The summed E-state index contributed by atoms with van der Waals surface area (Å²) in [6.45, 7) is 5.61. The van der Waals surface area contributed by atoms with Crippen LogP contribution in [-0.4, -0.2) is 17.6 Å². The molecule has 1 unspecified atom stereocenters. The summed E-state index contributed by atoms with van der Waals surface area (Å²) >= 11 is 0. The molecular weight excluding hydrogens is 210 g/mol. The normalized spacial score (nSPS) is 12.9. The molecule has 3 heteroatoms. The SMILES string of the molecule is Cc1cc(CNC(C)CN)c2ccccc2n1. The van der Waals surface area contributed by atoms with E-state index in [4.69, 9.17) is 5.73 Å². The second-order valence-corrected chi connectivity index (χ2v) is 4.46. The lowest BCUT2D eigenvalue weighted by Crippen LogP contribution is -2.32. The van der Waals surface area contributed by atoms with E-state index in [1.807, 2.05) is 13.0 Å². The van der Waals surface area contributed by atoms with Crippen LogP contribution in [0.3, 0.4) is 0 Å². The lowest BCUT2D eigenvalue weighted by molar-refractivity contribution is 0.557. The van der Waals surface area contributed by atoms with Crippen LogP contribution in [-0.2, 0) is 6.54 Å². The third-order valence-electron chi connectivity index (χ3n) is 2.92. The van der Waals surface area contributed by atoms with Crippen LogP contribution in [0.5, 0.6) is 0 Å². The lowest BCUT2D eigenvalue weighted by Gasteiger charge is -2.13. The van der Waals surface area contributed by atoms with E-state index < -0.39 is 0 Å². The zero-order valence-corrected chi connectivity index (χ0v) is 10.4. The fourth-order valence-corrected chi connectivity index (χ4v) is 1.91. The molecule has 2 aromatic rings. The molecule has 2 rings (SSSR count). The van der Waals surface area contributed by atoms with Crippen molar-refractivity contribution in [2.45, 2.75) is 26.4 Å². The number of nitrogens with one attached hydrogen (secondary N) is 1.